The summed E-state index contributed by atoms with van der Waals surface area (Å²) in [5.74, 6) is -0.0238. The molecule has 1 amide bonds. The molecule has 2 rings (SSSR count). The van der Waals surface area contributed by atoms with Crippen molar-refractivity contribution in [3.05, 3.63) is 22.9 Å². The molecule has 1 aliphatic rings. The lowest BCUT2D eigenvalue weighted by Crippen LogP contribution is -2.43. The minimum Gasteiger partial charge on any atom is -0.378 e. The normalized spacial score (nSPS) is 16.2. The summed E-state index contributed by atoms with van der Waals surface area (Å²) in [6.45, 7) is 5.02. The fourth-order valence-electron chi connectivity index (χ4n) is 1.87. The molecule has 0 saturated carbocycles. The molecule has 17 heavy (non-hydrogen) atoms. The summed E-state index contributed by atoms with van der Waals surface area (Å²) in [4.78, 5) is 25.4. The van der Waals surface area contributed by atoms with Crippen molar-refractivity contribution >= 4 is 5.91 Å². The number of carbonyl (C=O) groups excluding carboxylic acids is 1. The van der Waals surface area contributed by atoms with Crippen molar-refractivity contribution in [2.24, 2.45) is 0 Å². The Labute approximate surface area is 99.4 Å². The number of imidazole rings is 1. The molecule has 94 valence electrons. The van der Waals surface area contributed by atoms with Gasteiger partial charge in [-0.1, -0.05) is 0 Å². The topological polar surface area (TPSA) is 56.5 Å². The Morgan fingerprint density at radius 2 is 1.94 bits per heavy atom. The van der Waals surface area contributed by atoms with Crippen LogP contribution < -0.4 is 5.69 Å². The minimum absolute atomic E-state index is 0.0238. The lowest BCUT2D eigenvalue weighted by molar-refractivity contribution is -0.135. The zero-order chi connectivity index (χ0) is 12.3. The third-order valence-corrected chi connectivity index (χ3v) is 2.93. The number of rotatable bonds is 3. The maximum atomic E-state index is 11.9. The molecule has 1 aromatic rings. The Kier molecular flexibility index (Phi) is 3.63. The first-order valence-corrected chi connectivity index (χ1v) is 5.83. The van der Waals surface area contributed by atoms with E-state index in [1.54, 1.807) is 21.9 Å². The molecule has 6 nitrogen and oxygen atoms in total. The fourth-order valence-corrected chi connectivity index (χ4v) is 1.87. The van der Waals surface area contributed by atoms with Crippen LogP contribution in [0.3, 0.4) is 0 Å². The number of aromatic nitrogens is 2. The van der Waals surface area contributed by atoms with Gasteiger partial charge in [-0.05, 0) is 6.92 Å². The molecule has 0 bridgehead atoms. The molecule has 0 unspecified atom stereocenters. The average molecular weight is 239 g/mol. The Hall–Kier alpha value is -1.56. The maximum Gasteiger partial charge on any atom is 0.328 e. The van der Waals surface area contributed by atoms with Gasteiger partial charge in [-0.15, -0.1) is 0 Å². The number of aryl methyl sites for hydroxylation is 1. The highest BCUT2D eigenvalue weighted by Gasteiger charge is 2.17. The van der Waals surface area contributed by atoms with Crippen LogP contribution in [-0.4, -0.2) is 46.2 Å². The quantitative estimate of drug-likeness (QED) is 0.716. The van der Waals surface area contributed by atoms with Gasteiger partial charge in [0.25, 0.3) is 0 Å². The molecule has 1 saturated heterocycles. The minimum atomic E-state index is -0.130. The molecule has 1 fully saturated rings. The zero-order valence-electron chi connectivity index (χ0n) is 9.96. The van der Waals surface area contributed by atoms with Gasteiger partial charge < -0.3 is 9.64 Å². The monoisotopic (exact) mass is 239 g/mol. The zero-order valence-corrected chi connectivity index (χ0v) is 9.96. The van der Waals surface area contributed by atoms with Crippen LogP contribution in [0.1, 0.15) is 6.92 Å². The number of ether oxygens (including phenoxy) is 1. The smallest absolute Gasteiger partial charge is 0.328 e. The first kappa shape index (κ1) is 11.9. The summed E-state index contributed by atoms with van der Waals surface area (Å²) in [5.41, 5.74) is -0.130. The van der Waals surface area contributed by atoms with Gasteiger partial charge in [0.05, 0.1) is 13.2 Å². The van der Waals surface area contributed by atoms with Crippen LogP contribution in [0.15, 0.2) is 17.2 Å². The van der Waals surface area contributed by atoms with E-state index in [9.17, 15) is 9.59 Å². The molecule has 2 heterocycles. The molecule has 1 aromatic heterocycles. The number of nitrogens with zero attached hydrogens (tertiary/aromatic N) is 3. The Balaban J connectivity index is 2.02. The van der Waals surface area contributed by atoms with Crippen molar-refractivity contribution in [2.75, 3.05) is 26.3 Å². The predicted molar refractivity (Wildman–Crippen MR) is 61.8 cm³/mol. The number of hydrogen-bond acceptors (Lipinski definition) is 3. The highest BCUT2D eigenvalue weighted by Crippen LogP contribution is 1.99. The summed E-state index contributed by atoms with van der Waals surface area (Å²) < 4.78 is 8.20. The van der Waals surface area contributed by atoms with Crippen LogP contribution in [0, 0.1) is 0 Å². The second-order valence-electron chi connectivity index (χ2n) is 3.99. The van der Waals surface area contributed by atoms with E-state index in [0.717, 1.165) is 0 Å². The first-order chi connectivity index (χ1) is 8.22. The van der Waals surface area contributed by atoms with Crippen molar-refractivity contribution in [3.63, 3.8) is 0 Å². The fraction of sp³-hybridized carbons (Fsp3) is 0.636. The lowest BCUT2D eigenvalue weighted by Gasteiger charge is -2.26. The lowest BCUT2D eigenvalue weighted by atomic mass is 10.4. The molecule has 0 N–H and O–H groups in total. The van der Waals surface area contributed by atoms with E-state index in [-0.39, 0.29) is 18.1 Å². The molecule has 0 aromatic carbocycles. The molecule has 0 aliphatic carbocycles. The van der Waals surface area contributed by atoms with Crippen molar-refractivity contribution in [3.8, 4) is 0 Å². The number of morpholine rings is 1. The van der Waals surface area contributed by atoms with Gasteiger partial charge in [0.15, 0.2) is 0 Å². The second-order valence-corrected chi connectivity index (χ2v) is 3.99. The molecular formula is C11H17N3O3. The summed E-state index contributed by atoms with van der Waals surface area (Å²) >= 11 is 0. The Bertz CT molecular complexity index is 443. The largest absolute Gasteiger partial charge is 0.378 e. The number of carbonyl (C=O) groups is 1. The van der Waals surface area contributed by atoms with E-state index in [1.807, 2.05) is 6.92 Å². The first-order valence-electron chi connectivity index (χ1n) is 5.83. The van der Waals surface area contributed by atoms with E-state index in [2.05, 4.69) is 0 Å². The highest BCUT2D eigenvalue weighted by molar-refractivity contribution is 5.76. The summed E-state index contributed by atoms with van der Waals surface area (Å²) in [6.07, 6.45) is 3.36. The molecule has 1 aliphatic heterocycles. The molecular weight excluding hydrogens is 222 g/mol. The van der Waals surface area contributed by atoms with Crippen molar-refractivity contribution in [2.45, 2.75) is 20.0 Å². The van der Waals surface area contributed by atoms with Gasteiger partial charge >= 0.3 is 5.69 Å². The predicted octanol–water partition coefficient (Wildman–Crippen LogP) is -0.471. The van der Waals surface area contributed by atoms with Crippen molar-refractivity contribution < 1.29 is 9.53 Å². The van der Waals surface area contributed by atoms with E-state index in [1.165, 1.54) is 4.57 Å². The van der Waals surface area contributed by atoms with E-state index in [4.69, 9.17) is 4.74 Å². The van der Waals surface area contributed by atoms with Gasteiger partial charge in [-0.2, -0.15) is 0 Å². The van der Waals surface area contributed by atoms with Crippen LogP contribution in [-0.2, 0) is 22.6 Å². The summed E-state index contributed by atoms with van der Waals surface area (Å²) in [5, 5.41) is 0. The molecule has 0 radical (unpaired) electrons. The van der Waals surface area contributed by atoms with E-state index in [0.29, 0.717) is 32.8 Å². The van der Waals surface area contributed by atoms with Gasteiger partial charge in [0, 0.05) is 32.0 Å². The van der Waals surface area contributed by atoms with Crippen molar-refractivity contribution in [1.82, 2.24) is 14.0 Å². The number of amides is 1. The van der Waals surface area contributed by atoms with E-state index >= 15 is 0 Å². The van der Waals surface area contributed by atoms with Gasteiger partial charge in [-0.3, -0.25) is 13.9 Å². The van der Waals surface area contributed by atoms with Crippen LogP contribution in [0.5, 0.6) is 0 Å². The standard InChI is InChI=1S/C11H17N3O3/c1-2-12-3-4-14(11(12)16)9-10(15)13-5-7-17-8-6-13/h3-4H,2,5-9H2,1H3. The maximum absolute atomic E-state index is 11.9. The van der Waals surface area contributed by atoms with E-state index < -0.39 is 0 Å². The number of hydrogen-bond donors (Lipinski definition) is 0. The summed E-state index contributed by atoms with van der Waals surface area (Å²) in [6, 6.07) is 0. The highest BCUT2D eigenvalue weighted by atomic mass is 16.5. The van der Waals surface area contributed by atoms with Gasteiger partial charge in [0.2, 0.25) is 5.91 Å². The molecule has 6 heteroatoms. The Morgan fingerprint density at radius 3 is 2.53 bits per heavy atom. The average Bonchev–Trinajstić information content (AvgIpc) is 2.71. The second kappa shape index (κ2) is 5.18. The summed E-state index contributed by atoms with van der Waals surface area (Å²) in [7, 11) is 0. The van der Waals surface area contributed by atoms with Gasteiger partial charge in [-0.25, -0.2) is 4.79 Å². The molecule has 0 atom stereocenters. The Morgan fingerprint density at radius 1 is 1.29 bits per heavy atom. The van der Waals surface area contributed by atoms with Gasteiger partial charge in [0.1, 0.15) is 6.54 Å². The van der Waals surface area contributed by atoms with Crippen molar-refractivity contribution in [1.29, 1.82) is 0 Å². The van der Waals surface area contributed by atoms with Crippen LogP contribution in [0.4, 0.5) is 0 Å². The third kappa shape index (κ3) is 2.58. The van der Waals surface area contributed by atoms with Crippen LogP contribution in [0.2, 0.25) is 0 Å². The molecule has 0 spiro atoms. The third-order valence-electron chi connectivity index (χ3n) is 2.93. The van der Waals surface area contributed by atoms with Crippen LogP contribution in [0.25, 0.3) is 0 Å². The van der Waals surface area contributed by atoms with Crippen LogP contribution >= 0.6 is 0 Å². The SMILES string of the molecule is CCn1ccn(CC(=O)N2CCOCC2)c1=O.